The highest BCUT2D eigenvalue weighted by atomic mass is 19.4. The molecule has 0 aliphatic rings. The first-order valence-electron chi connectivity index (χ1n) is 10.7. The standard InChI is InChI=1S/C24H23F3N6O2/c1-23(2,3)33-19(34)13-35-16-7-4-6-14(10-16)21-31-20-17(8-5-9-18(20)24(25,26)27)22(32-21)30-15-11-28-29-12-15/h4-12H,13H2,1-3H3,(H,28,29)(H,33,34)(H,30,31,32). The maximum atomic E-state index is 13.8. The Morgan fingerprint density at radius 1 is 1.09 bits per heavy atom. The highest BCUT2D eigenvalue weighted by molar-refractivity contribution is 5.94. The van der Waals surface area contributed by atoms with Crippen LogP contribution in [-0.2, 0) is 11.0 Å². The molecule has 0 spiro atoms. The van der Waals surface area contributed by atoms with Gasteiger partial charge in [0.15, 0.2) is 12.4 Å². The molecule has 0 aliphatic heterocycles. The number of hydrogen-bond donors (Lipinski definition) is 3. The first-order chi connectivity index (χ1) is 16.5. The minimum Gasteiger partial charge on any atom is -0.484 e. The van der Waals surface area contributed by atoms with Crippen molar-refractivity contribution in [2.45, 2.75) is 32.5 Å². The van der Waals surface area contributed by atoms with Crippen molar-refractivity contribution < 1.29 is 22.7 Å². The monoisotopic (exact) mass is 484 g/mol. The molecule has 4 aromatic rings. The number of carbonyl (C=O) groups is 1. The van der Waals surface area contributed by atoms with Crippen LogP contribution >= 0.6 is 0 Å². The largest absolute Gasteiger partial charge is 0.484 e. The Balaban J connectivity index is 1.73. The van der Waals surface area contributed by atoms with Crippen molar-refractivity contribution in [3.8, 4) is 17.1 Å². The molecule has 0 bridgehead atoms. The van der Waals surface area contributed by atoms with E-state index < -0.39 is 17.3 Å². The fourth-order valence-corrected chi connectivity index (χ4v) is 3.39. The summed E-state index contributed by atoms with van der Waals surface area (Å²) >= 11 is 0. The molecule has 35 heavy (non-hydrogen) atoms. The van der Waals surface area contributed by atoms with E-state index in [0.29, 0.717) is 17.0 Å². The molecule has 0 atom stereocenters. The molecule has 0 saturated heterocycles. The maximum Gasteiger partial charge on any atom is 0.418 e. The maximum absolute atomic E-state index is 13.8. The molecule has 0 saturated carbocycles. The number of anilines is 2. The third-order valence-corrected chi connectivity index (χ3v) is 4.77. The van der Waals surface area contributed by atoms with E-state index in [9.17, 15) is 18.0 Å². The second-order valence-electron chi connectivity index (χ2n) is 8.82. The molecular weight excluding hydrogens is 461 g/mol. The van der Waals surface area contributed by atoms with E-state index >= 15 is 0 Å². The van der Waals surface area contributed by atoms with E-state index in [4.69, 9.17) is 4.74 Å². The Labute approximate surface area is 198 Å². The van der Waals surface area contributed by atoms with Gasteiger partial charge in [-0.25, -0.2) is 9.97 Å². The summed E-state index contributed by atoms with van der Waals surface area (Å²) in [6, 6.07) is 10.3. The van der Waals surface area contributed by atoms with Crippen LogP contribution in [0.5, 0.6) is 5.75 Å². The topological polar surface area (TPSA) is 105 Å². The number of fused-ring (bicyclic) bond motifs is 1. The van der Waals surface area contributed by atoms with Crippen molar-refractivity contribution >= 4 is 28.3 Å². The summed E-state index contributed by atoms with van der Waals surface area (Å²) in [6.45, 7) is 5.34. The number of halogens is 3. The SMILES string of the molecule is CC(C)(C)NC(=O)COc1cccc(-c2nc(Nc3cn[nH]c3)c3cccc(C(F)(F)F)c3n2)c1. The number of para-hydroxylation sites is 1. The zero-order chi connectivity index (χ0) is 25.2. The molecule has 11 heteroatoms. The minimum absolute atomic E-state index is 0.0600. The average molecular weight is 484 g/mol. The highest BCUT2D eigenvalue weighted by Gasteiger charge is 2.34. The van der Waals surface area contributed by atoms with Crippen LogP contribution < -0.4 is 15.4 Å². The van der Waals surface area contributed by atoms with Crippen LogP contribution in [0.4, 0.5) is 24.7 Å². The van der Waals surface area contributed by atoms with Crippen LogP contribution in [-0.4, -0.2) is 38.2 Å². The second kappa shape index (κ2) is 9.24. The number of amides is 1. The Morgan fingerprint density at radius 3 is 2.54 bits per heavy atom. The summed E-state index contributed by atoms with van der Waals surface area (Å²) in [5.41, 5.74) is -0.578. The summed E-state index contributed by atoms with van der Waals surface area (Å²) in [6.07, 6.45) is -1.57. The lowest BCUT2D eigenvalue weighted by Gasteiger charge is -2.20. The van der Waals surface area contributed by atoms with Crippen molar-refractivity contribution in [3.63, 3.8) is 0 Å². The number of alkyl halides is 3. The lowest BCUT2D eigenvalue weighted by atomic mass is 10.1. The first-order valence-corrected chi connectivity index (χ1v) is 10.7. The highest BCUT2D eigenvalue weighted by Crippen LogP contribution is 2.37. The van der Waals surface area contributed by atoms with Crippen LogP contribution in [0.3, 0.4) is 0 Å². The normalized spacial score (nSPS) is 11.9. The minimum atomic E-state index is -4.61. The van der Waals surface area contributed by atoms with E-state index in [1.165, 1.54) is 18.3 Å². The van der Waals surface area contributed by atoms with Gasteiger partial charge in [-0.1, -0.05) is 18.2 Å². The Kier molecular flexibility index (Phi) is 6.33. The van der Waals surface area contributed by atoms with E-state index in [-0.39, 0.29) is 35.1 Å². The average Bonchev–Trinajstić information content (AvgIpc) is 3.29. The van der Waals surface area contributed by atoms with Gasteiger partial charge >= 0.3 is 6.18 Å². The molecule has 0 radical (unpaired) electrons. The number of nitrogens with one attached hydrogen (secondary N) is 3. The molecule has 182 valence electrons. The summed E-state index contributed by atoms with van der Waals surface area (Å²) in [7, 11) is 0. The van der Waals surface area contributed by atoms with Gasteiger partial charge in [-0.3, -0.25) is 9.89 Å². The Bertz CT molecular complexity index is 1350. The van der Waals surface area contributed by atoms with E-state index in [1.54, 1.807) is 30.5 Å². The second-order valence-corrected chi connectivity index (χ2v) is 8.82. The molecule has 2 aromatic carbocycles. The van der Waals surface area contributed by atoms with Crippen molar-refractivity contribution in [2.24, 2.45) is 0 Å². The third-order valence-electron chi connectivity index (χ3n) is 4.77. The molecule has 0 unspecified atom stereocenters. The molecule has 0 fully saturated rings. The molecule has 3 N–H and O–H groups in total. The number of rotatable bonds is 6. The molecule has 4 rings (SSSR count). The number of aromatic amines is 1. The first kappa shape index (κ1) is 24.0. The van der Waals surface area contributed by atoms with Gasteiger partial charge in [0.1, 0.15) is 11.6 Å². The number of H-pyrrole nitrogens is 1. The lowest BCUT2D eigenvalue weighted by Crippen LogP contribution is -2.43. The molecule has 2 aromatic heterocycles. The van der Waals surface area contributed by atoms with Crippen molar-refractivity contribution in [2.75, 3.05) is 11.9 Å². The zero-order valence-electron chi connectivity index (χ0n) is 19.2. The van der Waals surface area contributed by atoms with Crippen molar-refractivity contribution in [1.82, 2.24) is 25.5 Å². The fourth-order valence-electron chi connectivity index (χ4n) is 3.39. The van der Waals surface area contributed by atoms with Gasteiger partial charge in [0, 0.05) is 22.7 Å². The van der Waals surface area contributed by atoms with E-state index in [1.807, 2.05) is 20.8 Å². The van der Waals surface area contributed by atoms with Gasteiger partial charge in [0.2, 0.25) is 0 Å². The fraction of sp³-hybridized carbons (Fsp3) is 0.250. The summed E-state index contributed by atoms with van der Waals surface area (Å²) in [4.78, 5) is 20.8. The number of nitrogens with zero attached hydrogens (tertiary/aromatic N) is 3. The molecule has 0 aliphatic carbocycles. The number of carbonyl (C=O) groups excluding carboxylic acids is 1. The smallest absolute Gasteiger partial charge is 0.418 e. The lowest BCUT2D eigenvalue weighted by molar-refractivity contribution is -0.136. The van der Waals surface area contributed by atoms with Crippen LogP contribution in [0.1, 0.15) is 26.3 Å². The van der Waals surface area contributed by atoms with E-state index in [2.05, 4.69) is 30.8 Å². The van der Waals surface area contributed by atoms with Gasteiger partial charge in [-0.2, -0.15) is 18.3 Å². The van der Waals surface area contributed by atoms with Crippen LogP contribution in [0, 0.1) is 0 Å². The predicted octanol–water partition coefficient (Wildman–Crippen LogP) is 5.08. The number of benzene rings is 2. The molecular formula is C24H23F3N6O2. The van der Waals surface area contributed by atoms with Gasteiger partial charge in [0.25, 0.3) is 5.91 Å². The quantitative estimate of drug-likeness (QED) is 0.353. The third kappa shape index (κ3) is 5.86. The zero-order valence-corrected chi connectivity index (χ0v) is 19.2. The van der Waals surface area contributed by atoms with Gasteiger partial charge < -0.3 is 15.4 Å². The summed E-state index contributed by atoms with van der Waals surface area (Å²) < 4.78 is 46.9. The Hall–Kier alpha value is -4.15. The van der Waals surface area contributed by atoms with Crippen molar-refractivity contribution in [3.05, 3.63) is 60.4 Å². The van der Waals surface area contributed by atoms with Crippen LogP contribution in [0.25, 0.3) is 22.3 Å². The van der Waals surface area contributed by atoms with Gasteiger partial charge in [-0.05, 0) is 45.0 Å². The number of aromatic nitrogens is 4. The predicted molar refractivity (Wildman–Crippen MR) is 125 cm³/mol. The molecule has 1 amide bonds. The molecule has 2 heterocycles. The number of hydrogen-bond acceptors (Lipinski definition) is 6. The summed E-state index contributed by atoms with van der Waals surface area (Å²) in [5.74, 6) is 0.299. The van der Waals surface area contributed by atoms with Crippen molar-refractivity contribution in [1.29, 1.82) is 0 Å². The molecule has 8 nitrogen and oxygen atoms in total. The van der Waals surface area contributed by atoms with Gasteiger partial charge in [-0.15, -0.1) is 0 Å². The van der Waals surface area contributed by atoms with Crippen LogP contribution in [0.15, 0.2) is 54.9 Å². The van der Waals surface area contributed by atoms with E-state index in [0.717, 1.165) is 6.07 Å². The van der Waals surface area contributed by atoms with Crippen LogP contribution in [0.2, 0.25) is 0 Å². The summed E-state index contributed by atoms with van der Waals surface area (Å²) in [5, 5.41) is 12.5. The Morgan fingerprint density at radius 2 is 1.86 bits per heavy atom. The van der Waals surface area contributed by atoms with Gasteiger partial charge in [0.05, 0.1) is 23.0 Å². The number of ether oxygens (including phenoxy) is 1.